The van der Waals surface area contributed by atoms with Gasteiger partial charge in [-0.3, -0.25) is 9.78 Å². The number of para-hydroxylation sites is 1. The molecule has 0 saturated heterocycles. The molecule has 1 aromatic carbocycles. The van der Waals surface area contributed by atoms with E-state index < -0.39 is 6.10 Å². The van der Waals surface area contributed by atoms with Crippen LogP contribution in [-0.4, -0.2) is 35.3 Å². The van der Waals surface area contributed by atoms with Gasteiger partial charge < -0.3 is 15.2 Å². The van der Waals surface area contributed by atoms with E-state index in [-0.39, 0.29) is 12.4 Å². The highest BCUT2D eigenvalue weighted by molar-refractivity contribution is 5.81. The fraction of sp³-hybridized carbons (Fsp3) is 0.375. The summed E-state index contributed by atoms with van der Waals surface area (Å²) in [6.07, 6.45) is 1.03. The normalized spacial score (nSPS) is 12.3. The number of benzene rings is 1. The van der Waals surface area contributed by atoms with Gasteiger partial charge >= 0.3 is 5.97 Å². The second-order valence-electron chi connectivity index (χ2n) is 4.79. The van der Waals surface area contributed by atoms with Gasteiger partial charge in [-0.15, -0.1) is 0 Å². The van der Waals surface area contributed by atoms with Crippen LogP contribution in [0, 0.1) is 0 Å². The number of aromatic nitrogens is 1. The zero-order chi connectivity index (χ0) is 15.1. The first-order valence-corrected chi connectivity index (χ1v) is 7.07. The number of carbonyl (C=O) groups is 1. The molecule has 2 aromatic rings. The molecule has 0 fully saturated rings. The van der Waals surface area contributed by atoms with Crippen LogP contribution in [0.25, 0.3) is 10.9 Å². The Morgan fingerprint density at radius 3 is 3.00 bits per heavy atom. The molecule has 1 unspecified atom stereocenters. The first-order chi connectivity index (χ1) is 10.2. The lowest BCUT2D eigenvalue weighted by Gasteiger charge is -2.12. The van der Waals surface area contributed by atoms with Crippen molar-refractivity contribution in [2.75, 3.05) is 13.2 Å². The van der Waals surface area contributed by atoms with E-state index in [1.807, 2.05) is 30.3 Å². The van der Waals surface area contributed by atoms with Gasteiger partial charge in [0.05, 0.1) is 24.6 Å². The van der Waals surface area contributed by atoms with E-state index in [4.69, 9.17) is 4.74 Å². The second-order valence-corrected chi connectivity index (χ2v) is 4.79. The number of ether oxygens (including phenoxy) is 1. The smallest absolute Gasteiger partial charge is 0.308 e. The SMILES string of the molecule is CCOC(=O)CC(O)CNCc1cccc2cccnc12. The van der Waals surface area contributed by atoms with Crippen molar-refractivity contribution in [3.8, 4) is 0 Å². The van der Waals surface area contributed by atoms with Crippen LogP contribution in [0.15, 0.2) is 36.5 Å². The lowest BCUT2D eigenvalue weighted by molar-refractivity contribution is -0.145. The van der Waals surface area contributed by atoms with Crippen LogP contribution in [-0.2, 0) is 16.1 Å². The first kappa shape index (κ1) is 15.4. The Hall–Kier alpha value is -1.98. The van der Waals surface area contributed by atoms with Crippen LogP contribution in [0.1, 0.15) is 18.9 Å². The third-order valence-electron chi connectivity index (χ3n) is 3.12. The van der Waals surface area contributed by atoms with E-state index in [9.17, 15) is 9.90 Å². The summed E-state index contributed by atoms with van der Waals surface area (Å²) in [6.45, 7) is 3.01. The molecule has 5 nitrogen and oxygen atoms in total. The molecule has 0 bridgehead atoms. The van der Waals surface area contributed by atoms with Crippen molar-refractivity contribution in [1.82, 2.24) is 10.3 Å². The second kappa shape index (κ2) is 7.71. The highest BCUT2D eigenvalue weighted by Crippen LogP contribution is 2.15. The van der Waals surface area contributed by atoms with Gasteiger partial charge in [0.15, 0.2) is 0 Å². The Morgan fingerprint density at radius 2 is 2.19 bits per heavy atom. The van der Waals surface area contributed by atoms with Gasteiger partial charge in [0.25, 0.3) is 0 Å². The summed E-state index contributed by atoms with van der Waals surface area (Å²) in [7, 11) is 0. The van der Waals surface area contributed by atoms with Gasteiger partial charge in [0.1, 0.15) is 0 Å². The maximum Gasteiger partial charge on any atom is 0.308 e. The van der Waals surface area contributed by atoms with Crippen molar-refractivity contribution in [3.05, 3.63) is 42.1 Å². The number of esters is 1. The van der Waals surface area contributed by atoms with Crippen molar-refractivity contribution in [1.29, 1.82) is 0 Å². The summed E-state index contributed by atoms with van der Waals surface area (Å²) >= 11 is 0. The molecule has 1 aromatic heterocycles. The fourth-order valence-corrected chi connectivity index (χ4v) is 2.17. The molecule has 0 saturated carbocycles. The maximum atomic E-state index is 11.2. The molecule has 2 N–H and O–H groups in total. The van der Waals surface area contributed by atoms with Gasteiger partial charge in [-0.1, -0.05) is 24.3 Å². The van der Waals surface area contributed by atoms with E-state index in [0.29, 0.717) is 19.7 Å². The monoisotopic (exact) mass is 288 g/mol. The van der Waals surface area contributed by atoms with Crippen molar-refractivity contribution in [3.63, 3.8) is 0 Å². The predicted molar refractivity (Wildman–Crippen MR) is 80.7 cm³/mol. The number of fused-ring (bicyclic) bond motifs is 1. The lowest BCUT2D eigenvalue weighted by atomic mass is 10.1. The standard InChI is InChI=1S/C16H20N2O3/c1-2-21-15(20)9-14(19)11-17-10-13-6-3-5-12-7-4-8-18-16(12)13/h3-8,14,17,19H,2,9-11H2,1H3. The molecule has 0 amide bonds. The van der Waals surface area contributed by atoms with Crippen LogP contribution in [0.5, 0.6) is 0 Å². The highest BCUT2D eigenvalue weighted by atomic mass is 16.5. The molecule has 112 valence electrons. The summed E-state index contributed by atoms with van der Waals surface area (Å²) in [5, 5.41) is 14.0. The third kappa shape index (κ3) is 4.51. The summed E-state index contributed by atoms with van der Waals surface area (Å²) in [5.41, 5.74) is 2.02. The highest BCUT2D eigenvalue weighted by Gasteiger charge is 2.11. The minimum atomic E-state index is -0.744. The van der Waals surface area contributed by atoms with Crippen molar-refractivity contribution in [2.45, 2.75) is 26.0 Å². The molecule has 0 aliphatic heterocycles. The number of hydrogen-bond donors (Lipinski definition) is 2. The number of nitrogens with zero attached hydrogens (tertiary/aromatic N) is 1. The van der Waals surface area contributed by atoms with E-state index in [0.717, 1.165) is 16.5 Å². The summed E-state index contributed by atoms with van der Waals surface area (Å²) < 4.78 is 4.80. The zero-order valence-electron chi connectivity index (χ0n) is 12.1. The topological polar surface area (TPSA) is 71.5 Å². The molecule has 0 aliphatic rings. The molecular weight excluding hydrogens is 268 g/mol. The predicted octanol–water partition coefficient (Wildman–Crippen LogP) is 1.64. The number of pyridine rings is 1. The minimum absolute atomic E-state index is 0.00856. The number of nitrogens with one attached hydrogen (secondary N) is 1. The van der Waals surface area contributed by atoms with Crippen LogP contribution in [0.2, 0.25) is 0 Å². The van der Waals surface area contributed by atoms with Crippen LogP contribution < -0.4 is 5.32 Å². The van der Waals surface area contributed by atoms with Crippen LogP contribution in [0.3, 0.4) is 0 Å². The summed E-state index contributed by atoms with van der Waals surface area (Å²) in [4.78, 5) is 15.6. The van der Waals surface area contributed by atoms with Gasteiger partial charge in [-0.2, -0.15) is 0 Å². The quantitative estimate of drug-likeness (QED) is 0.758. The number of aliphatic hydroxyl groups is 1. The van der Waals surface area contributed by atoms with Gasteiger partial charge in [-0.05, 0) is 18.6 Å². The van der Waals surface area contributed by atoms with E-state index >= 15 is 0 Å². The molecule has 0 radical (unpaired) electrons. The molecule has 21 heavy (non-hydrogen) atoms. The van der Waals surface area contributed by atoms with Crippen molar-refractivity contribution < 1.29 is 14.6 Å². The van der Waals surface area contributed by atoms with E-state index in [1.165, 1.54) is 0 Å². The lowest BCUT2D eigenvalue weighted by Crippen LogP contribution is -2.29. The average Bonchev–Trinajstić information content (AvgIpc) is 2.47. The van der Waals surface area contributed by atoms with E-state index in [2.05, 4.69) is 10.3 Å². The van der Waals surface area contributed by atoms with Gasteiger partial charge in [0.2, 0.25) is 0 Å². The summed E-state index contributed by atoms with van der Waals surface area (Å²) in [5.74, 6) is -0.376. The molecule has 5 heteroatoms. The van der Waals surface area contributed by atoms with E-state index in [1.54, 1.807) is 13.1 Å². The zero-order valence-corrected chi connectivity index (χ0v) is 12.1. The Bertz CT molecular complexity index is 596. The number of hydrogen-bond acceptors (Lipinski definition) is 5. The first-order valence-electron chi connectivity index (χ1n) is 7.07. The number of carbonyl (C=O) groups excluding carboxylic acids is 1. The Kier molecular flexibility index (Phi) is 5.66. The molecular formula is C16H20N2O3. The average molecular weight is 288 g/mol. The Labute approximate surface area is 124 Å². The molecule has 2 rings (SSSR count). The minimum Gasteiger partial charge on any atom is -0.466 e. The van der Waals surface area contributed by atoms with Crippen molar-refractivity contribution >= 4 is 16.9 Å². The maximum absolute atomic E-state index is 11.2. The molecule has 1 heterocycles. The Morgan fingerprint density at radius 1 is 1.38 bits per heavy atom. The number of rotatable bonds is 7. The van der Waals surface area contributed by atoms with Gasteiger partial charge in [0, 0.05) is 24.7 Å². The van der Waals surface area contributed by atoms with Crippen LogP contribution in [0.4, 0.5) is 0 Å². The Balaban J connectivity index is 1.86. The largest absolute Gasteiger partial charge is 0.466 e. The fourth-order valence-electron chi connectivity index (χ4n) is 2.17. The van der Waals surface area contributed by atoms with Crippen molar-refractivity contribution in [2.24, 2.45) is 0 Å². The molecule has 1 atom stereocenters. The molecule has 0 spiro atoms. The third-order valence-corrected chi connectivity index (χ3v) is 3.12. The molecule has 0 aliphatic carbocycles. The number of aliphatic hydroxyl groups excluding tert-OH is 1. The van der Waals surface area contributed by atoms with Gasteiger partial charge in [-0.25, -0.2) is 0 Å². The summed E-state index contributed by atoms with van der Waals surface area (Å²) in [6, 6.07) is 9.92. The van der Waals surface area contributed by atoms with Crippen LogP contribution >= 0.6 is 0 Å².